The summed E-state index contributed by atoms with van der Waals surface area (Å²) in [5, 5.41) is 4.42. The van der Waals surface area contributed by atoms with Gasteiger partial charge in [0.15, 0.2) is 5.11 Å². The highest BCUT2D eigenvalue weighted by Gasteiger charge is 2.44. The van der Waals surface area contributed by atoms with Crippen molar-refractivity contribution in [2.75, 3.05) is 0 Å². The minimum atomic E-state index is 0.109. The first-order valence-electron chi connectivity index (χ1n) is 8.36. The first-order valence-corrected chi connectivity index (χ1v) is 8.77. The van der Waals surface area contributed by atoms with Crippen molar-refractivity contribution in [1.29, 1.82) is 0 Å². The zero-order chi connectivity index (χ0) is 15.8. The van der Waals surface area contributed by atoms with E-state index in [0.717, 1.165) is 10.8 Å². The van der Waals surface area contributed by atoms with Crippen molar-refractivity contribution in [2.45, 2.75) is 43.8 Å². The maximum atomic E-state index is 5.73. The van der Waals surface area contributed by atoms with Crippen LogP contribution >= 0.6 is 12.2 Å². The Kier molecular flexibility index (Phi) is 3.81. The van der Waals surface area contributed by atoms with Crippen molar-refractivity contribution >= 4 is 17.3 Å². The summed E-state index contributed by atoms with van der Waals surface area (Å²) in [5.74, 6) is 0. The average molecular weight is 326 g/mol. The highest BCUT2D eigenvalue weighted by molar-refractivity contribution is 7.80. The van der Waals surface area contributed by atoms with Crippen LogP contribution < -0.4 is 5.32 Å². The zero-order valence-corrected chi connectivity index (χ0v) is 14.2. The molecule has 0 spiro atoms. The summed E-state index contributed by atoms with van der Waals surface area (Å²) in [6, 6.07) is 11.3. The summed E-state index contributed by atoms with van der Waals surface area (Å²) in [6.07, 6.45) is 9.05. The number of nitrogens with one attached hydrogen (secondary N) is 1. The van der Waals surface area contributed by atoms with Crippen LogP contribution in [0.4, 0.5) is 0 Å². The molecule has 4 nitrogen and oxygen atoms in total. The van der Waals surface area contributed by atoms with Gasteiger partial charge in [0.05, 0.1) is 17.8 Å². The highest BCUT2D eigenvalue weighted by Crippen LogP contribution is 2.42. The topological polar surface area (TPSA) is 33.1 Å². The van der Waals surface area contributed by atoms with E-state index in [-0.39, 0.29) is 12.1 Å². The Morgan fingerprint density at radius 2 is 2.00 bits per heavy atom. The first kappa shape index (κ1) is 14.7. The van der Waals surface area contributed by atoms with E-state index < -0.39 is 0 Å². The van der Waals surface area contributed by atoms with Crippen LogP contribution in [0.2, 0.25) is 0 Å². The quantitative estimate of drug-likeness (QED) is 0.877. The van der Waals surface area contributed by atoms with E-state index in [1.807, 2.05) is 18.3 Å². The summed E-state index contributed by atoms with van der Waals surface area (Å²) in [4.78, 5) is 7.03. The number of thiocarbonyl (C=S) groups is 1. The third-order valence-electron chi connectivity index (χ3n) is 5.14. The molecule has 120 valence electrons. The molecule has 1 aliphatic heterocycles. The Bertz CT molecular complexity index is 690. The molecular weight excluding hydrogens is 304 g/mol. The smallest absolute Gasteiger partial charge is 0.170 e. The van der Waals surface area contributed by atoms with Crippen LogP contribution in [0.1, 0.15) is 49.2 Å². The Hall–Kier alpha value is -1.88. The second kappa shape index (κ2) is 5.96. The third kappa shape index (κ3) is 2.53. The molecule has 4 rings (SSSR count). The summed E-state index contributed by atoms with van der Waals surface area (Å²) in [6.45, 7) is 0. The number of hydrogen-bond acceptors (Lipinski definition) is 2. The van der Waals surface area contributed by atoms with Crippen LogP contribution in [-0.2, 0) is 7.05 Å². The van der Waals surface area contributed by atoms with Gasteiger partial charge in [0.1, 0.15) is 0 Å². The fraction of sp³-hybridized carbons (Fsp3) is 0.444. The Labute approximate surface area is 142 Å². The molecule has 0 amide bonds. The lowest BCUT2D eigenvalue weighted by Crippen LogP contribution is -2.38. The Balaban J connectivity index is 1.77. The van der Waals surface area contributed by atoms with Gasteiger partial charge in [0, 0.05) is 31.2 Å². The molecule has 2 aliphatic rings. The number of hydrogen-bond donors (Lipinski definition) is 1. The zero-order valence-electron chi connectivity index (χ0n) is 13.4. The van der Waals surface area contributed by atoms with E-state index >= 15 is 0 Å². The summed E-state index contributed by atoms with van der Waals surface area (Å²) >= 11 is 5.73. The number of aromatic nitrogens is 2. The third-order valence-corrected chi connectivity index (χ3v) is 5.47. The molecule has 1 N–H and O–H groups in total. The van der Waals surface area contributed by atoms with E-state index in [1.165, 1.54) is 31.4 Å². The lowest BCUT2D eigenvalue weighted by atomic mass is 10.00. The van der Waals surface area contributed by atoms with E-state index in [9.17, 15) is 0 Å². The van der Waals surface area contributed by atoms with E-state index in [0.29, 0.717) is 6.04 Å². The van der Waals surface area contributed by atoms with E-state index in [4.69, 9.17) is 12.2 Å². The van der Waals surface area contributed by atoms with Crippen LogP contribution in [-0.4, -0.2) is 25.6 Å². The lowest BCUT2D eigenvalue weighted by Gasteiger charge is -2.33. The molecule has 1 saturated heterocycles. The highest BCUT2D eigenvalue weighted by atomic mass is 32.1. The Morgan fingerprint density at radius 1 is 1.17 bits per heavy atom. The van der Waals surface area contributed by atoms with Gasteiger partial charge < -0.3 is 14.8 Å². The van der Waals surface area contributed by atoms with Gasteiger partial charge >= 0.3 is 0 Å². The van der Waals surface area contributed by atoms with Gasteiger partial charge in [-0.05, 0) is 49.3 Å². The molecule has 1 saturated carbocycles. The molecule has 23 heavy (non-hydrogen) atoms. The SMILES string of the molecule is Cn1cccc1[C@@H]1[C@H](c2ccccn2)NC(=S)N1C1CCCC1. The molecular formula is C18H22N4S. The molecule has 0 radical (unpaired) electrons. The maximum absolute atomic E-state index is 5.73. The van der Waals surface area contributed by atoms with Gasteiger partial charge in [-0.1, -0.05) is 18.9 Å². The fourth-order valence-corrected chi connectivity index (χ4v) is 4.43. The molecule has 0 bridgehead atoms. The summed E-state index contributed by atoms with van der Waals surface area (Å²) in [7, 11) is 2.11. The number of pyridine rings is 1. The van der Waals surface area contributed by atoms with Crippen molar-refractivity contribution < 1.29 is 0 Å². The molecule has 2 fully saturated rings. The van der Waals surface area contributed by atoms with Crippen LogP contribution in [0.3, 0.4) is 0 Å². The fourth-order valence-electron chi connectivity index (χ4n) is 4.04. The molecule has 2 aromatic rings. The van der Waals surface area contributed by atoms with Gasteiger partial charge in [-0.25, -0.2) is 0 Å². The van der Waals surface area contributed by atoms with Crippen molar-refractivity contribution in [1.82, 2.24) is 19.8 Å². The predicted molar refractivity (Wildman–Crippen MR) is 95.0 cm³/mol. The van der Waals surface area contributed by atoms with Crippen molar-refractivity contribution in [3.8, 4) is 0 Å². The molecule has 3 heterocycles. The molecule has 2 atom stereocenters. The molecule has 1 aliphatic carbocycles. The second-order valence-corrected chi connectivity index (χ2v) is 6.90. The second-order valence-electron chi connectivity index (χ2n) is 6.52. The largest absolute Gasteiger partial charge is 0.353 e. The minimum Gasteiger partial charge on any atom is -0.353 e. The minimum absolute atomic E-state index is 0.109. The molecule has 2 aromatic heterocycles. The predicted octanol–water partition coefficient (Wildman–Crippen LogP) is 3.34. The Morgan fingerprint density at radius 3 is 2.65 bits per heavy atom. The van der Waals surface area contributed by atoms with Crippen molar-refractivity contribution in [3.05, 3.63) is 54.1 Å². The average Bonchev–Trinajstić information content (AvgIpc) is 3.28. The van der Waals surface area contributed by atoms with Gasteiger partial charge in [0.25, 0.3) is 0 Å². The summed E-state index contributed by atoms with van der Waals surface area (Å²) < 4.78 is 2.21. The summed E-state index contributed by atoms with van der Waals surface area (Å²) in [5.41, 5.74) is 2.35. The first-order chi connectivity index (χ1) is 11.3. The van der Waals surface area contributed by atoms with Crippen LogP contribution in [0, 0.1) is 0 Å². The van der Waals surface area contributed by atoms with Crippen LogP contribution in [0.5, 0.6) is 0 Å². The van der Waals surface area contributed by atoms with Crippen molar-refractivity contribution in [2.24, 2.45) is 7.05 Å². The van der Waals surface area contributed by atoms with Gasteiger partial charge in [0.2, 0.25) is 0 Å². The lowest BCUT2D eigenvalue weighted by molar-refractivity contribution is 0.238. The molecule has 5 heteroatoms. The molecule has 0 aromatic carbocycles. The van der Waals surface area contributed by atoms with Gasteiger partial charge in [-0.2, -0.15) is 0 Å². The van der Waals surface area contributed by atoms with Crippen LogP contribution in [0.15, 0.2) is 42.7 Å². The number of nitrogens with zero attached hydrogens (tertiary/aromatic N) is 3. The number of aryl methyl sites for hydroxylation is 1. The monoisotopic (exact) mass is 326 g/mol. The van der Waals surface area contributed by atoms with Gasteiger partial charge in [-0.15, -0.1) is 0 Å². The molecule has 0 unspecified atom stereocenters. The van der Waals surface area contributed by atoms with E-state index in [1.54, 1.807) is 0 Å². The maximum Gasteiger partial charge on any atom is 0.170 e. The van der Waals surface area contributed by atoms with Gasteiger partial charge in [-0.3, -0.25) is 4.98 Å². The van der Waals surface area contributed by atoms with E-state index in [2.05, 4.69) is 51.2 Å². The standard InChI is InChI=1S/C18H22N4S/c1-21-12-6-10-15(21)17-16(14-9-4-5-11-19-14)20-18(23)22(17)13-7-2-3-8-13/h4-6,9-13,16-17H,2-3,7-8H2,1H3,(H,20,23)/t16-,17+/m0/s1. The van der Waals surface area contributed by atoms with Crippen molar-refractivity contribution in [3.63, 3.8) is 0 Å². The normalized spacial score (nSPS) is 25.1. The van der Waals surface area contributed by atoms with Crippen LogP contribution in [0.25, 0.3) is 0 Å². The number of rotatable bonds is 3.